The third-order valence-electron chi connectivity index (χ3n) is 6.88. The number of thioether (sulfide) groups is 1. The molecule has 0 aromatic heterocycles. The van der Waals surface area contributed by atoms with Gasteiger partial charge in [-0.05, 0) is 61.1 Å². The molecule has 2 N–H and O–H groups in total. The second-order valence-electron chi connectivity index (χ2n) is 9.51. The van der Waals surface area contributed by atoms with Crippen LogP contribution in [0, 0.1) is 0 Å². The van der Waals surface area contributed by atoms with Gasteiger partial charge >= 0.3 is 6.18 Å². The number of unbranched alkanes of at least 4 members (excludes halogenated alkanes) is 1. The Balaban J connectivity index is 1.26. The van der Waals surface area contributed by atoms with Gasteiger partial charge in [0.25, 0.3) is 5.91 Å². The van der Waals surface area contributed by atoms with Crippen LogP contribution in [0.2, 0.25) is 0 Å². The molecule has 0 radical (unpaired) electrons. The first-order chi connectivity index (χ1) is 17.2. The third-order valence-corrected chi connectivity index (χ3v) is 8.46. The third kappa shape index (κ3) is 6.42. The van der Waals surface area contributed by atoms with Crippen LogP contribution < -0.4 is 10.6 Å². The molecule has 2 aromatic rings. The van der Waals surface area contributed by atoms with Gasteiger partial charge in [-0.25, -0.2) is 0 Å². The molecule has 2 heterocycles. The minimum absolute atomic E-state index is 0.0327. The lowest BCUT2D eigenvalue weighted by molar-refractivity contribution is -0.137. The molecule has 1 unspecified atom stereocenters. The number of benzene rings is 2. The van der Waals surface area contributed by atoms with E-state index in [2.05, 4.69) is 17.6 Å². The van der Waals surface area contributed by atoms with Gasteiger partial charge < -0.3 is 10.2 Å². The number of nitrogens with zero attached hydrogens (tertiary/aromatic N) is 1. The van der Waals surface area contributed by atoms with Crippen LogP contribution in [0.3, 0.4) is 0 Å². The van der Waals surface area contributed by atoms with Crippen molar-refractivity contribution in [1.82, 2.24) is 15.5 Å². The van der Waals surface area contributed by atoms with E-state index in [1.165, 1.54) is 11.6 Å². The lowest BCUT2D eigenvalue weighted by atomic mass is 10.0. The summed E-state index contributed by atoms with van der Waals surface area (Å²) < 4.78 is 38.8. The average molecular weight is 520 g/mol. The van der Waals surface area contributed by atoms with Crippen molar-refractivity contribution in [2.24, 2.45) is 0 Å². The Labute approximate surface area is 214 Å². The highest BCUT2D eigenvalue weighted by molar-refractivity contribution is 8.01. The highest BCUT2D eigenvalue weighted by Crippen LogP contribution is 2.39. The van der Waals surface area contributed by atoms with E-state index in [-0.39, 0.29) is 23.2 Å². The first-order valence-electron chi connectivity index (χ1n) is 12.4. The van der Waals surface area contributed by atoms with Gasteiger partial charge in [0.2, 0.25) is 5.91 Å². The van der Waals surface area contributed by atoms with Gasteiger partial charge in [-0.1, -0.05) is 37.6 Å². The van der Waals surface area contributed by atoms with Gasteiger partial charge in [0.15, 0.2) is 0 Å². The summed E-state index contributed by atoms with van der Waals surface area (Å²) in [6.07, 6.45) is 0.348. The van der Waals surface area contributed by atoms with Crippen LogP contribution in [-0.4, -0.2) is 46.5 Å². The van der Waals surface area contributed by atoms with Crippen molar-refractivity contribution < 1.29 is 22.8 Å². The Kier molecular flexibility index (Phi) is 8.30. The predicted molar refractivity (Wildman–Crippen MR) is 136 cm³/mol. The van der Waals surface area contributed by atoms with E-state index in [0.29, 0.717) is 30.0 Å². The number of aryl methyl sites for hydroxylation is 1. The molecule has 1 atom stereocenters. The maximum Gasteiger partial charge on any atom is 0.416 e. The van der Waals surface area contributed by atoms with Crippen molar-refractivity contribution in [3.63, 3.8) is 0 Å². The van der Waals surface area contributed by atoms with E-state index in [1.54, 1.807) is 17.8 Å². The first-order valence-corrected chi connectivity index (χ1v) is 13.4. The monoisotopic (exact) mass is 519 g/mol. The predicted octanol–water partition coefficient (Wildman–Crippen LogP) is 5.00. The molecule has 2 saturated heterocycles. The molecule has 1 spiro atoms. The zero-order chi connectivity index (χ0) is 25.8. The topological polar surface area (TPSA) is 61.4 Å². The van der Waals surface area contributed by atoms with Crippen molar-refractivity contribution in [3.05, 3.63) is 70.8 Å². The summed E-state index contributed by atoms with van der Waals surface area (Å²) in [5, 5.41) is 6.20. The molecule has 2 amide bonds. The molecule has 0 aliphatic carbocycles. The highest BCUT2D eigenvalue weighted by atomic mass is 32.2. The number of hydrogen-bond acceptors (Lipinski definition) is 4. The molecule has 36 heavy (non-hydrogen) atoms. The van der Waals surface area contributed by atoms with Crippen molar-refractivity contribution in [1.29, 1.82) is 0 Å². The van der Waals surface area contributed by atoms with E-state index >= 15 is 0 Å². The summed E-state index contributed by atoms with van der Waals surface area (Å²) >= 11 is 1.69. The minimum Gasteiger partial charge on any atom is -0.351 e. The molecular formula is C27H32F3N3O2S. The zero-order valence-electron chi connectivity index (χ0n) is 20.4. The first kappa shape index (κ1) is 26.5. The Morgan fingerprint density at radius 1 is 1.11 bits per heavy atom. The number of rotatable bonds is 7. The Bertz CT molecular complexity index is 1070. The number of halogens is 3. The number of nitrogens with one attached hydrogen (secondary N) is 2. The SMILES string of the molecule is CCCCc1ccc(C(=O)N2CCC3(CC2)NC(C(=O)NCc2cccc(C(F)(F)F)c2)CS3)cc1. The van der Waals surface area contributed by atoms with E-state index in [1.807, 2.05) is 29.2 Å². The normalized spacial score (nSPS) is 19.4. The standard InChI is InChI=1S/C27H32F3N3O2S/c1-2-3-5-19-8-10-21(11-9-19)25(35)33-14-12-26(13-15-33)32-23(18-36-26)24(34)31-17-20-6-4-7-22(16-20)27(28,29)30/h4,6-11,16,23,32H,2-3,5,12-15,17-18H2,1H3,(H,31,34). The second-order valence-corrected chi connectivity index (χ2v) is 10.9. The lowest BCUT2D eigenvalue weighted by Crippen LogP contribution is -2.54. The van der Waals surface area contributed by atoms with Crippen LogP contribution in [0.15, 0.2) is 48.5 Å². The summed E-state index contributed by atoms with van der Waals surface area (Å²) in [6.45, 7) is 3.41. The van der Waals surface area contributed by atoms with Crippen LogP contribution >= 0.6 is 11.8 Å². The molecule has 2 aliphatic rings. The molecule has 2 aromatic carbocycles. The number of likely N-dealkylation sites (tertiary alicyclic amines) is 1. The van der Waals surface area contributed by atoms with Crippen LogP contribution in [0.1, 0.15) is 59.7 Å². The molecule has 2 aliphatic heterocycles. The summed E-state index contributed by atoms with van der Waals surface area (Å²) in [5.74, 6) is 0.394. The Morgan fingerprint density at radius 2 is 1.83 bits per heavy atom. The summed E-state index contributed by atoms with van der Waals surface area (Å²) in [5.41, 5.74) is 1.63. The molecule has 4 rings (SSSR count). The molecule has 0 bridgehead atoms. The number of piperidine rings is 1. The van der Waals surface area contributed by atoms with Crippen molar-refractivity contribution in [2.75, 3.05) is 18.8 Å². The molecular weight excluding hydrogens is 487 g/mol. The largest absolute Gasteiger partial charge is 0.416 e. The molecule has 2 fully saturated rings. The fourth-order valence-corrected chi connectivity index (χ4v) is 6.11. The van der Waals surface area contributed by atoms with Gasteiger partial charge in [0.1, 0.15) is 0 Å². The second kappa shape index (κ2) is 11.3. The van der Waals surface area contributed by atoms with Crippen LogP contribution in [0.5, 0.6) is 0 Å². The number of hydrogen-bond donors (Lipinski definition) is 2. The van der Waals surface area contributed by atoms with Crippen molar-refractivity contribution >= 4 is 23.6 Å². The maximum atomic E-state index is 13.0. The van der Waals surface area contributed by atoms with Gasteiger partial charge in [0.05, 0.1) is 16.5 Å². The van der Waals surface area contributed by atoms with Gasteiger partial charge in [-0.2, -0.15) is 13.2 Å². The van der Waals surface area contributed by atoms with Crippen molar-refractivity contribution in [3.8, 4) is 0 Å². The summed E-state index contributed by atoms with van der Waals surface area (Å²) in [6, 6.07) is 12.5. The van der Waals surface area contributed by atoms with Crippen LogP contribution in [0.25, 0.3) is 0 Å². The summed E-state index contributed by atoms with van der Waals surface area (Å²) in [7, 11) is 0. The van der Waals surface area contributed by atoms with Gasteiger partial charge in [-0.3, -0.25) is 14.9 Å². The fourth-order valence-electron chi connectivity index (χ4n) is 4.69. The quantitative estimate of drug-likeness (QED) is 0.541. The Hall–Kier alpha value is -2.52. The number of alkyl halides is 3. The highest BCUT2D eigenvalue weighted by Gasteiger charge is 2.44. The molecule has 9 heteroatoms. The van der Waals surface area contributed by atoms with Crippen LogP contribution in [-0.2, 0) is 23.9 Å². The number of amides is 2. The van der Waals surface area contributed by atoms with Crippen LogP contribution in [0.4, 0.5) is 13.2 Å². The molecule has 5 nitrogen and oxygen atoms in total. The van der Waals surface area contributed by atoms with E-state index < -0.39 is 17.8 Å². The molecule has 0 saturated carbocycles. The van der Waals surface area contributed by atoms with Gasteiger partial charge in [0, 0.05) is 31.0 Å². The average Bonchev–Trinajstić information content (AvgIpc) is 3.29. The Morgan fingerprint density at radius 3 is 2.50 bits per heavy atom. The number of carbonyl (C=O) groups excluding carboxylic acids is 2. The van der Waals surface area contributed by atoms with E-state index in [9.17, 15) is 22.8 Å². The maximum absolute atomic E-state index is 13.0. The van der Waals surface area contributed by atoms with Crippen molar-refractivity contribution in [2.45, 2.75) is 62.7 Å². The number of carbonyl (C=O) groups is 2. The smallest absolute Gasteiger partial charge is 0.351 e. The zero-order valence-corrected chi connectivity index (χ0v) is 21.2. The fraction of sp³-hybridized carbons (Fsp3) is 0.481. The minimum atomic E-state index is -4.41. The lowest BCUT2D eigenvalue weighted by Gasteiger charge is -2.39. The van der Waals surface area contributed by atoms with E-state index in [0.717, 1.165) is 44.2 Å². The molecule has 194 valence electrons. The summed E-state index contributed by atoms with van der Waals surface area (Å²) in [4.78, 5) is 27.3. The van der Waals surface area contributed by atoms with E-state index in [4.69, 9.17) is 0 Å². The van der Waals surface area contributed by atoms with Gasteiger partial charge in [-0.15, -0.1) is 11.8 Å².